The summed E-state index contributed by atoms with van der Waals surface area (Å²) < 4.78 is 13.8. The van der Waals surface area contributed by atoms with Crippen molar-refractivity contribution in [2.45, 2.75) is 44.4 Å². The third-order valence-electron chi connectivity index (χ3n) is 3.32. The van der Waals surface area contributed by atoms with Gasteiger partial charge in [-0.25, -0.2) is 4.39 Å². The van der Waals surface area contributed by atoms with Crippen LogP contribution in [0.25, 0.3) is 0 Å². The number of halogens is 2. The van der Waals surface area contributed by atoms with E-state index < -0.39 is 0 Å². The molecular weight excluding hydrogens is 285 g/mol. The van der Waals surface area contributed by atoms with Crippen molar-refractivity contribution in [2.24, 2.45) is 0 Å². The Bertz CT molecular complexity index is 386. The monoisotopic (exact) mass is 301 g/mol. The molecule has 1 aromatic carbocycles. The first kappa shape index (κ1) is 13.0. The molecule has 0 bridgehead atoms. The van der Waals surface area contributed by atoms with E-state index in [-0.39, 0.29) is 18.0 Å². The highest BCUT2D eigenvalue weighted by Gasteiger charge is 2.22. The van der Waals surface area contributed by atoms with E-state index >= 15 is 0 Å². The minimum absolute atomic E-state index is 0.138. The number of rotatable bonds is 3. The standard InChI is InChI=1S/C13H17BrFNO/c14-13-9(4-3-5-10(13)15)8-16-11-6-1-2-7-12(11)17/h3-5,11-12,16-17H,1-2,6-8H2. The van der Waals surface area contributed by atoms with Gasteiger partial charge < -0.3 is 10.4 Å². The van der Waals surface area contributed by atoms with Crippen molar-refractivity contribution >= 4 is 15.9 Å². The van der Waals surface area contributed by atoms with Gasteiger partial charge in [0.2, 0.25) is 0 Å². The first-order valence-electron chi connectivity index (χ1n) is 6.03. The molecular formula is C13H17BrFNO. The van der Waals surface area contributed by atoms with Crippen LogP contribution in [0.4, 0.5) is 4.39 Å². The molecule has 2 nitrogen and oxygen atoms in total. The summed E-state index contributed by atoms with van der Waals surface area (Å²) in [5, 5.41) is 13.1. The van der Waals surface area contributed by atoms with Gasteiger partial charge in [0, 0.05) is 12.6 Å². The van der Waals surface area contributed by atoms with E-state index in [4.69, 9.17) is 0 Å². The van der Waals surface area contributed by atoms with Crippen LogP contribution in [0.2, 0.25) is 0 Å². The van der Waals surface area contributed by atoms with Gasteiger partial charge in [-0.05, 0) is 40.4 Å². The topological polar surface area (TPSA) is 32.3 Å². The van der Waals surface area contributed by atoms with Gasteiger partial charge in [0.05, 0.1) is 10.6 Å². The van der Waals surface area contributed by atoms with Crippen molar-refractivity contribution in [3.63, 3.8) is 0 Å². The summed E-state index contributed by atoms with van der Waals surface area (Å²) in [5.41, 5.74) is 0.891. The molecule has 1 fully saturated rings. The van der Waals surface area contributed by atoms with Crippen LogP contribution in [0.3, 0.4) is 0 Å². The molecule has 0 aliphatic heterocycles. The predicted molar refractivity (Wildman–Crippen MR) is 69.2 cm³/mol. The van der Waals surface area contributed by atoms with Gasteiger partial charge in [-0.15, -0.1) is 0 Å². The average Bonchev–Trinajstić information content (AvgIpc) is 2.33. The van der Waals surface area contributed by atoms with E-state index in [1.807, 2.05) is 6.07 Å². The van der Waals surface area contributed by atoms with Crippen molar-refractivity contribution in [2.75, 3.05) is 0 Å². The van der Waals surface area contributed by atoms with Gasteiger partial charge in [-0.3, -0.25) is 0 Å². The molecule has 1 aliphatic carbocycles. The lowest BCUT2D eigenvalue weighted by Gasteiger charge is -2.28. The smallest absolute Gasteiger partial charge is 0.137 e. The Hall–Kier alpha value is -0.450. The Kier molecular flexibility index (Phi) is 4.54. The Morgan fingerprint density at radius 1 is 1.35 bits per heavy atom. The molecule has 1 aliphatic rings. The number of benzene rings is 1. The molecule has 2 atom stereocenters. The van der Waals surface area contributed by atoms with E-state index in [0.717, 1.165) is 31.2 Å². The molecule has 2 rings (SSSR count). The molecule has 0 radical (unpaired) electrons. The van der Waals surface area contributed by atoms with Crippen LogP contribution in [-0.4, -0.2) is 17.3 Å². The second-order valence-electron chi connectivity index (χ2n) is 4.55. The minimum Gasteiger partial charge on any atom is -0.392 e. The molecule has 2 N–H and O–H groups in total. The van der Waals surface area contributed by atoms with E-state index in [1.54, 1.807) is 6.07 Å². The number of nitrogens with one attached hydrogen (secondary N) is 1. The average molecular weight is 302 g/mol. The lowest BCUT2D eigenvalue weighted by atomic mass is 9.92. The van der Waals surface area contributed by atoms with E-state index in [9.17, 15) is 9.50 Å². The first-order valence-corrected chi connectivity index (χ1v) is 6.82. The zero-order valence-corrected chi connectivity index (χ0v) is 11.2. The predicted octanol–water partition coefficient (Wildman–Crippen LogP) is 2.98. The highest BCUT2D eigenvalue weighted by Crippen LogP contribution is 2.22. The first-order chi connectivity index (χ1) is 8.18. The summed E-state index contributed by atoms with van der Waals surface area (Å²) in [5.74, 6) is -0.242. The summed E-state index contributed by atoms with van der Waals surface area (Å²) in [6.45, 7) is 0.583. The summed E-state index contributed by atoms with van der Waals surface area (Å²) in [6, 6.07) is 5.16. The Labute approximate surface area is 109 Å². The van der Waals surface area contributed by atoms with Gasteiger partial charge in [-0.2, -0.15) is 0 Å². The van der Waals surface area contributed by atoms with Gasteiger partial charge in [0.15, 0.2) is 0 Å². The summed E-state index contributed by atoms with van der Waals surface area (Å²) >= 11 is 3.24. The normalized spacial score (nSPS) is 24.9. The SMILES string of the molecule is OC1CCCCC1NCc1cccc(F)c1Br. The highest BCUT2D eigenvalue weighted by atomic mass is 79.9. The summed E-state index contributed by atoms with van der Waals surface area (Å²) in [4.78, 5) is 0. The molecule has 4 heteroatoms. The van der Waals surface area contributed by atoms with Crippen LogP contribution in [0.15, 0.2) is 22.7 Å². The maximum absolute atomic E-state index is 13.3. The van der Waals surface area contributed by atoms with Crippen molar-refractivity contribution in [1.82, 2.24) is 5.32 Å². The molecule has 0 saturated heterocycles. The number of aliphatic hydroxyl groups excluding tert-OH is 1. The highest BCUT2D eigenvalue weighted by molar-refractivity contribution is 9.10. The Morgan fingerprint density at radius 3 is 2.88 bits per heavy atom. The van der Waals surface area contributed by atoms with Gasteiger partial charge in [0.25, 0.3) is 0 Å². The largest absolute Gasteiger partial charge is 0.392 e. The van der Waals surface area contributed by atoms with Crippen LogP contribution in [0.1, 0.15) is 31.2 Å². The fourth-order valence-corrected chi connectivity index (χ4v) is 2.68. The van der Waals surface area contributed by atoms with Crippen LogP contribution < -0.4 is 5.32 Å². The quantitative estimate of drug-likeness (QED) is 0.899. The van der Waals surface area contributed by atoms with E-state index in [2.05, 4.69) is 21.2 Å². The zero-order valence-electron chi connectivity index (χ0n) is 9.63. The summed E-state index contributed by atoms with van der Waals surface area (Å²) in [7, 11) is 0. The zero-order chi connectivity index (χ0) is 12.3. The van der Waals surface area contributed by atoms with Crippen molar-refractivity contribution in [3.8, 4) is 0 Å². The second-order valence-corrected chi connectivity index (χ2v) is 5.35. The number of hydrogen-bond donors (Lipinski definition) is 2. The molecule has 0 amide bonds. The Balaban J connectivity index is 1.95. The van der Waals surface area contributed by atoms with E-state index in [1.165, 1.54) is 6.07 Å². The lowest BCUT2D eigenvalue weighted by molar-refractivity contribution is 0.0902. The molecule has 1 aromatic rings. The third kappa shape index (κ3) is 3.27. The van der Waals surface area contributed by atoms with Crippen molar-refractivity contribution in [3.05, 3.63) is 34.1 Å². The molecule has 2 unspecified atom stereocenters. The van der Waals surface area contributed by atoms with Crippen LogP contribution in [0, 0.1) is 5.82 Å². The molecule has 17 heavy (non-hydrogen) atoms. The van der Waals surface area contributed by atoms with Gasteiger partial charge in [0.1, 0.15) is 5.82 Å². The number of hydrogen-bond acceptors (Lipinski definition) is 2. The van der Waals surface area contributed by atoms with E-state index in [0.29, 0.717) is 11.0 Å². The number of aliphatic hydroxyl groups is 1. The maximum atomic E-state index is 13.3. The maximum Gasteiger partial charge on any atom is 0.137 e. The molecule has 0 spiro atoms. The fourth-order valence-electron chi connectivity index (χ4n) is 2.28. The fraction of sp³-hybridized carbons (Fsp3) is 0.538. The van der Waals surface area contributed by atoms with Crippen LogP contribution >= 0.6 is 15.9 Å². The van der Waals surface area contributed by atoms with Gasteiger partial charge >= 0.3 is 0 Å². The second kappa shape index (κ2) is 5.94. The molecule has 94 valence electrons. The molecule has 0 heterocycles. The van der Waals surface area contributed by atoms with Crippen LogP contribution in [0.5, 0.6) is 0 Å². The lowest BCUT2D eigenvalue weighted by Crippen LogP contribution is -2.41. The summed E-state index contributed by atoms with van der Waals surface area (Å²) in [6.07, 6.45) is 3.84. The van der Waals surface area contributed by atoms with Crippen LogP contribution in [-0.2, 0) is 6.54 Å². The third-order valence-corrected chi connectivity index (χ3v) is 4.20. The van der Waals surface area contributed by atoms with Crippen molar-refractivity contribution < 1.29 is 9.50 Å². The Morgan fingerprint density at radius 2 is 2.12 bits per heavy atom. The van der Waals surface area contributed by atoms with Gasteiger partial charge in [-0.1, -0.05) is 25.0 Å². The molecule has 0 aromatic heterocycles. The molecule has 1 saturated carbocycles. The minimum atomic E-state index is -0.268. The van der Waals surface area contributed by atoms with Crippen molar-refractivity contribution in [1.29, 1.82) is 0 Å².